The second-order valence-corrected chi connectivity index (χ2v) is 1.09. The van der Waals surface area contributed by atoms with Gasteiger partial charge in [0.25, 0.3) is 5.97 Å². The molecule has 8 heavy (non-hydrogen) atoms. The molecule has 0 aromatic heterocycles. The summed E-state index contributed by atoms with van der Waals surface area (Å²) in [5, 5.41) is 16.0. The van der Waals surface area contributed by atoms with E-state index in [1.54, 1.807) is 0 Å². The molecule has 0 atom stereocenters. The third-order valence-corrected chi connectivity index (χ3v) is 0.388. The van der Waals surface area contributed by atoms with Crippen LogP contribution in [-0.4, -0.2) is 18.1 Å². The Hall–Kier alpha value is -1.02. The number of carbonyl (C=O) groups excluding carboxylic acids is 1. The predicted molar refractivity (Wildman–Crippen MR) is 25.4 cm³/mol. The van der Waals surface area contributed by atoms with E-state index < -0.39 is 13.1 Å². The van der Waals surface area contributed by atoms with E-state index in [-0.39, 0.29) is 0 Å². The molecule has 0 saturated carbocycles. The third-order valence-electron chi connectivity index (χ3n) is 0.388. The van der Waals surface area contributed by atoms with Crippen molar-refractivity contribution in [2.45, 2.75) is 6.92 Å². The van der Waals surface area contributed by atoms with Crippen molar-refractivity contribution in [3.05, 3.63) is 0 Å². The van der Waals surface area contributed by atoms with Gasteiger partial charge in [-0.2, -0.15) is 0 Å². The van der Waals surface area contributed by atoms with Gasteiger partial charge in [0.1, 0.15) is 0 Å². The normalized spacial score (nSPS) is 7.12. The molecule has 0 aliphatic rings. The van der Waals surface area contributed by atoms with Crippen LogP contribution in [0.25, 0.3) is 0 Å². The molecule has 0 heterocycles. The van der Waals surface area contributed by atoms with Crippen LogP contribution in [0.5, 0.6) is 0 Å². The molecular weight excluding hydrogens is 109 g/mol. The molecule has 0 radical (unpaired) electrons. The van der Waals surface area contributed by atoms with Gasteiger partial charge >= 0.3 is 7.12 Å². The number of nitrogens with zero attached hydrogens (tertiary/aromatic N) is 1. The molecule has 4 nitrogen and oxygen atoms in total. The minimum absolute atomic E-state index is 0.668. The molecule has 0 aliphatic heterocycles. The zero-order valence-electron chi connectivity index (χ0n) is 4.29. The summed E-state index contributed by atoms with van der Waals surface area (Å²) in [6.45, 7) is 1.11. The van der Waals surface area contributed by atoms with Crippen LogP contribution in [0.2, 0.25) is 0 Å². The number of rotatable bonds is 1. The summed E-state index contributed by atoms with van der Waals surface area (Å²) in [4.78, 5) is 9.88. The van der Waals surface area contributed by atoms with Gasteiger partial charge < -0.3 is 9.68 Å². The molecule has 0 amide bonds. The Labute approximate surface area is 46.8 Å². The molecule has 0 aromatic carbocycles. The Morgan fingerprint density at radius 3 is 2.62 bits per heavy atom. The molecule has 0 fully saturated rings. The van der Waals surface area contributed by atoms with Crippen LogP contribution in [0, 0.1) is 11.2 Å². The first kappa shape index (κ1) is 6.98. The number of hydrogen-bond donors (Lipinski definition) is 1. The van der Waals surface area contributed by atoms with Gasteiger partial charge in [-0.05, 0) is 0 Å². The van der Waals surface area contributed by atoms with Crippen LogP contribution < -0.4 is 0 Å². The monoisotopic (exact) mass is 113 g/mol. The van der Waals surface area contributed by atoms with E-state index in [9.17, 15) is 4.79 Å². The first-order valence-electron chi connectivity index (χ1n) is 1.91. The van der Waals surface area contributed by atoms with E-state index in [4.69, 9.17) is 10.3 Å². The van der Waals surface area contributed by atoms with Gasteiger partial charge in [-0.3, -0.25) is 4.79 Å². The van der Waals surface area contributed by atoms with E-state index in [1.165, 1.54) is 5.97 Å². The second kappa shape index (κ2) is 3.05. The van der Waals surface area contributed by atoms with Gasteiger partial charge in [-0.25, -0.2) is 5.26 Å². The molecule has 0 rings (SSSR count). The highest BCUT2D eigenvalue weighted by Gasteiger charge is 2.14. The van der Waals surface area contributed by atoms with Gasteiger partial charge in [0.2, 0.25) is 0 Å². The molecule has 42 valence electrons. The highest BCUT2D eigenvalue weighted by atomic mass is 16.6. The molecule has 5 heteroatoms. The average molecular weight is 113 g/mol. The molecule has 1 N–H and O–H groups in total. The summed E-state index contributed by atoms with van der Waals surface area (Å²) in [7, 11) is -1.62. The van der Waals surface area contributed by atoms with Crippen molar-refractivity contribution >= 4 is 13.1 Å². The maximum absolute atomic E-state index is 9.88. The standard InChI is InChI=1S/C3H4BNO3/c1-3(6)8-4(7)2-5/h7H,1H3. The van der Waals surface area contributed by atoms with Crippen LogP contribution in [0.1, 0.15) is 6.92 Å². The van der Waals surface area contributed by atoms with Crippen LogP contribution >= 0.6 is 0 Å². The van der Waals surface area contributed by atoms with Crippen molar-refractivity contribution in [3.8, 4) is 5.97 Å². The Morgan fingerprint density at radius 1 is 2.00 bits per heavy atom. The van der Waals surface area contributed by atoms with Gasteiger partial charge in [0.05, 0.1) is 5.97 Å². The van der Waals surface area contributed by atoms with Crippen LogP contribution in [0.4, 0.5) is 0 Å². The molecular formula is C3H4BNO3. The van der Waals surface area contributed by atoms with Crippen molar-refractivity contribution in [2.75, 3.05) is 0 Å². The highest BCUT2D eigenvalue weighted by molar-refractivity contribution is 6.53. The number of carbonyl (C=O) groups is 1. The van der Waals surface area contributed by atoms with Gasteiger partial charge in [-0.15, -0.1) is 0 Å². The van der Waals surface area contributed by atoms with E-state index in [0.29, 0.717) is 0 Å². The van der Waals surface area contributed by atoms with E-state index in [1.807, 2.05) is 0 Å². The van der Waals surface area contributed by atoms with Crippen molar-refractivity contribution < 1.29 is 14.5 Å². The van der Waals surface area contributed by atoms with Crippen molar-refractivity contribution in [1.29, 1.82) is 5.26 Å². The maximum Gasteiger partial charge on any atom is 0.646 e. The summed E-state index contributed by atoms with van der Waals surface area (Å²) < 4.78 is 3.95. The molecule has 0 saturated heterocycles. The first-order chi connectivity index (χ1) is 3.66. The molecule has 0 unspecified atom stereocenters. The lowest BCUT2D eigenvalue weighted by Gasteiger charge is -1.93. The summed E-state index contributed by atoms with van der Waals surface area (Å²) in [6, 6.07) is 0. The SMILES string of the molecule is CC(=O)OB(O)C#N. The Kier molecular flexibility index (Phi) is 2.66. The van der Waals surface area contributed by atoms with Crippen LogP contribution in [0.15, 0.2) is 0 Å². The lowest BCUT2D eigenvalue weighted by atomic mass is 9.95. The first-order valence-corrected chi connectivity index (χ1v) is 1.91. The number of nitriles is 1. The highest BCUT2D eigenvalue weighted by Crippen LogP contribution is 1.77. The van der Waals surface area contributed by atoms with Crippen LogP contribution in [-0.2, 0) is 9.45 Å². The van der Waals surface area contributed by atoms with Gasteiger partial charge in [-0.1, -0.05) is 0 Å². The third kappa shape index (κ3) is 3.19. The zero-order chi connectivity index (χ0) is 6.57. The Balaban J connectivity index is 3.43. The fourth-order valence-corrected chi connectivity index (χ4v) is 0.184. The fraction of sp³-hybridized carbons (Fsp3) is 0.333. The zero-order valence-corrected chi connectivity index (χ0v) is 4.29. The minimum atomic E-state index is -1.62. The average Bonchev–Trinajstić information content (AvgIpc) is 1.65. The van der Waals surface area contributed by atoms with Gasteiger partial charge in [0.15, 0.2) is 0 Å². The van der Waals surface area contributed by atoms with E-state index in [2.05, 4.69) is 4.65 Å². The summed E-state index contributed by atoms with van der Waals surface area (Å²) in [5.74, 6) is 0.641. The van der Waals surface area contributed by atoms with E-state index >= 15 is 0 Å². The van der Waals surface area contributed by atoms with Crippen molar-refractivity contribution in [1.82, 2.24) is 0 Å². The maximum atomic E-state index is 9.88. The minimum Gasteiger partial charge on any atom is -0.498 e. The van der Waals surface area contributed by atoms with Crippen molar-refractivity contribution in [2.24, 2.45) is 0 Å². The molecule has 0 aromatic rings. The summed E-state index contributed by atoms with van der Waals surface area (Å²) in [6.07, 6.45) is 0. The Morgan fingerprint density at radius 2 is 2.50 bits per heavy atom. The van der Waals surface area contributed by atoms with E-state index in [0.717, 1.165) is 6.92 Å². The smallest absolute Gasteiger partial charge is 0.498 e. The number of hydrogen-bond acceptors (Lipinski definition) is 4. The largest absolute Gasteiger partial charge is 0.646 e. The lowest BCUT2D eigenvalue weighted by Crippen LogP contribution is -2.18. The molecule has 0 aliphatic carbocycles. The van der Waals surface area contributed by atoms with Gasteiger partial charge in [0, 0.05) is 6.92 Å². The fourth-order valence-electron chi connectivity index (χ4n) is 0.184. The van der Waals surface area contributed by atoms with Crippen LogP contribution in [0.3, 0.4) is 0 Å². The Bertz CT molecular complexity index is 129. The summed E-state index contributed by atoms with van der Waals surface area (Å²) >= 11 is 0. The second-order valence-electron chi connectivity index (χ2n) is 1.09. The van der Waals surface area contributed by atoms with Crippen molar-refractivity contribution in [3.63, 3.8) is 0 Å². The molecule has 0 spiro atoms. The predicted octanol–water partition coefficient (Wildman–Crippen LogP) is -0.907. The lowest BCUT2D eigenvalue weighted by molar-refractivity contribution is -0.132. The molecule has 0 bridgehead atoms. The quantitative estimate of drug-likeness (QED) is 0.447. The summed E-state index contributed by atoms with van der Waals surface area (Å²) in [5.41, 5.74) is 0. The topological polar surface area (TPSA) is 70.3 Å².